The minimum atomic E-state index is -1.46. The largest absolute Gasteiger partial charge is 0.377 e. The van der Waals surface area contributed by atoms with Gasteiger partial charge in [0.25, 0.3) is 0 Å². The lowest BCUT2D eigenvalue weighted by Gasteiger charge is -2.27. The van der Waals surface area contributed by atoms with E-state index in [1.807, 2.05) is 30.3 Å². The molecule has 2 rings (SSSR count). The zero-order valence-electron chi connectivity index (χ0n) is 12.1. The highest BCUT2D eigenvalue weighted by Crippen LogP contribution is 2.33. The van der Waals surface area contributed by atoms with Crippen LogP contribution in [-0.4, -0.2) is 55.4 Å². The summed E-state index contributed by atoms with van der Waals surface area (Å²) in [5.74, 6) is 0. The molecule has 0 spiro atoms. The monoisotopic (exact) mass is 312 g/mol. The lowest BCUT2D eigenvalue weighted by atomic mass is 9.97. The Labute approximate surface area is 129 Å². The van der Waals surface area contributed by atoms with Gasteiger partial charge in [0.1, 0.15) is 12.2 Å². The van der Waals surface area contributed by atoms with Gasteiger partial charge < -0.3 is 24.1 Å². The lowest BCUT2D eigenvalue weighted by Crippen LogP contribution is -2.51. The minimum Gasteiger partial charge on any atom is -0.377 e. The number of rotatable bonds is 7. The Morgan fingerprint density at radius 1 is 1.29 bits per heavy atom. The quantitative estimate of drug-likeness (QED) is 0.767. The molecule has 0 saturated carbocycles. The van der Waals surface area contributed by atoms with Crippen LogP contribution in [0.4, 0.5) is 0 Å². The number of benzene rings is 1. The second-order valence-electron chi connectivity index (χ2n) is 4.90. The van der Waals surface area contributed by atoms with E-state index in [0.29, 0.717) is 6.61 Å². The van der Waals surface area contributed by atoms with Crippen molar-refractivity contribution in [3.05, 3.63) is 35.9 Å². The lowest BCUT2D eigenvalue weighted by molar-refractivity contribution is -0.170. The van der Waals surface area contributed by atoms with Crippen molar-refractivity contribution in [3.63, 3.8) is 0 Å². The summed E-state index contributed by atoms with van der Waals surface area (Å²) in [7, 11) is 2.95. The van der Waals surface area contributed by atoms with Crippen molar-refractivity contribution < 1.29 is 24.1 Å². The maximum atomic E-state index is 10.5. The molecule has 116 valence electrons. The predicted octanol–water partition coefficient (Wildman–Crippen LogP) is 1.32. The third-order valence-electron chi connectivity index (χ3n) is 3.52. The van der Waals surface area contributed by atoms with Crippen molar-refractivity contribution in [2.24, 2.45) is 0 Å². The SMILES string of the molecule is CO[C@H]1O[C@H](COCc2ccccc2)[C@@H](OC)[C@]1(O)C=S. The molecule has 1 N–H and O–H groups in total. The molecule has 0 aromatic heterocycles. The first kappa shape index (κ1) is 16.5. The zero-order valence-corrected chi connectivity index (χ0v) is 12.9. The van der Waals surface area contributed by atoms with Crippen LogP contribution in [0.1, 0.15) is 5.56 Å². The van der Waals surface area contributed by atoms with Crippen LogP contribution >= 0.6 is 12.2 Å². The Morgan fingerprint density at radius 3 is 2.57 bits per heavy atom. The fourth-order valence-corrected chi connectivity index (χ4v) is 2.72. The zero-order chi connectivity index (χ0) is 15.3. The minimum absolute atomic E-state index is 0.277. The summed E-state index contributed by atoms with van der Waals surface area (Å²) in [5.41, 5.74) is -0.391. The maximum Gasteiger partial charge on any atom is 0.193 e. The predicted molar refractivity (Wildman–Crippen MR) is 81.2 cm³/mol. The van der Waals surface area contributed by atoms with E-state index in [4.69, 9.17) is 31.2 Å². The van der Waals surface area contributed by atoms with Gasteiger partial charge >= 0.3 is 0 Å². The average molecular weight is 312 g/mol. The highest BCUT2D eigenvalue weighted by Gasteiger charge is 2.55. The van der Waals surface area contributed by atoms with Crippen LogP contribution in [0.25, 0.3) is 0 Å². The van der Waals surface area contributed by atoms with Crippen LogP contribution in [0.3, 0.4) is 0 Å². The van der Waals surface area contributed by atoms with Gasteiger partial charge in [-0.15, -0.1) is 0 Å². The normalized spacial score (nSPS) is 32.2. The molecule has 1 saturated heterocycles. The van der Waals surface area contributed by atoms with E-state index in [1.165, 1.54) is 19.6 Å². The average Bonchev–Trinajstić information content (AvgIpc) is 2.80. The van der Waals surface area contributed by atoms with Crippen LogP contribution < -0.4 is 0 Å². The van der Waals surface area contributed by atoms with Gasteiger partial charge in [-0.25, -0.2) is 0 Å². The molecule has 1 aromatic carbocycles. The van der Waals surface area contributed by atoms with Gasteiger partial charge in [0.15, 0.2) is 11.9 Å². The van der Waals surface area contributed by atoms with Crippen LogP contribution in [0, 0.1) is 0 Å². The molecule has 1 heterocycles. The summed E-state index contributed by atoms with van der Waals surface area (Å²) in [6.07, 6.45) is -1.94. The maximum absolute atomic E-state index is 10.5. The smallest absolute Gasteiger partial charge is 0.193 e. The molecule has 0 bridgehead atoms. The molecule has 0 unspecified atom stereocenters. The Balaban J connectivity index is 1.95. The Kier molecular flexibility index (Phi) is 5.80. The van der Waals surface area contributed by atoms with Gasteiger partial charge in [0.2, 0.25) is 0 Å². The van der Waals surface area contributed by atoms with Gasteiger partial charge in [-0.3, -0.25) is 0 Å². The van der Waals surface area contributed by atoms with Crippen molar-refractivity contribution in [1.82, 2.24) is 0 Å². The molecule has 1 fully saturated rings. The molecule has 1 aliphatic heterocycles. The molecular formula is C15H20O5S. The summed E-state index contributed by atoms with van der Waals surface area (Å²) in [4.78, 5) is 0. The van der Waals surface area contributed by atoms with Gasteiger partial charge in [0, 0.05) is 19.6 Å². The van der Waals surface area contributed by atoms with Gasteiger partial charge in [0.05, 0.1) is 13.2 Å². The third-order valence-corrected chi connectivity index (χ3v) is 3.90. The summed E-state index contributed by atoms with van der Waals surface area (Å²) in [6.45, 7) is 0.740. The Bertz CT molecular complexity index is 455. The van der Waals surface area contributed by atoms with Gasteiger partial charge in [-0.2, -0.15) is 0 Å². The first-order valence-electron chi connectivity index (χ1n) is 6.67. The van der Waals surface area contributed by atoms with Crippen LogP contribution in [0.2, 0.25) is 0 Å². The number of ether oxygens (including phenoxy) is 4. The topological polar surface area (TPSA) is 57.2 Å². The van der Waals surface area contributed by atoms with Crippen LogP contribution in [-0.2, 0) is 25.6 Å². The Hall–Kier alpha value is -0.890. The molecule has 0 aliphatic carbocycles. The second kappa shape index (κ2) is 7.40. The molecule has 1 aliphatic rings. The molecule has 1 aromatic rings. The number of thiocarbonyl (C=S) groups is 1. The second-order valence-corrected chi connectivity index (χ2v) is 5.14. The fourth-order valence-electron chi connectivity index (χ4n) is 2.47. The molecule has 0 amide bonds. The van der Waals surface area contributed by atoms with Crippen molar-refractivity contribution in [1.29, 1.82) is 0 Å². The fraction of sp³-hybridized carbons (Fsp3) is 0.533. The molecule has 0 radical (unpaired) electrons. The van der Waals surface area contributed by atoms with E-state index < -0.39 is 24.1 Å². The standard InChI is InChI=1S/C15H20O5S/c1-17-13-12(20-14(18-2)15(13,16)10-21)9-19-8-11-6-4-3-5-7-11/h3-7,10,12-14,16H,8-9H2,1-2H3/t12-,13-,14+,15-/m1/s1. The van der Waals surface area contributed by atoms with Crippen molar-refractivity contribution in [2.45, 2.75) is 30.7 Å². The molecular weight excluding hydrogens is 292 g/mol. The summed E-state index contributed by atoms with van der Waals surface area (Å²) in [5, 5.41) is 11.7. The Morgan fingerprint density at radius 2 is 2.00 bits per heavy atom. The summed E-state index contributed by atoms with van der Waals surface area (Å²) in [6, 6.07) is 9.82. The van der Waals surface area contributed by atoms with Gasteiger partial charge in [-0.1, -0.05) is 42.5 Å². The highest BCUT2D eigenvalue weighted by atomic mass is 32.1. The van der Waals surface area contributed by atoms with E-state index in [1.54, 1.807) is 0 Å². The molecule has 6 heteroatoms. The first-order valence-corrected chi connectivity index (χ1v) is 7.14. The van der Waals surface area contributed by atoms with Gasteiger partial charge in [-0.05, 0) is 5.56 Å². The number of methoxy groups -OCH3 is 2. The first-order chi connectivity index (χ1) is 10.2. The van der Waals surface area contributed by atoms with Crippen molar-refractivity contribution >= 4 is 17.6 Å². The van der Waals surface area contributed by atoms with E-state index in [0.717, 1.165) is 5.56 Å². The number of hydrogen-bond acceptors (Lipinski definition) is 6. The van der Waals surface area contributed by atoms with Crippen LogP contribution in [0.5, 0.6) is 0 Å². The van der Waals surface area contributed by atoms with Crippen LogP contribution in [0.15, 0.2) is 30.3 Å². The summed E-state index contributed by atoms with van der Waals surface area (Å²) >= 11 is 4.90. The van der Waals surface area contributed by atoms with E-state index in [-0.39, 0.29) is 6.61 Å². The number of hydrogen-bond donors (Lipinski definition) is 1. The molecule has 21 heavy (non-hydrogen) atoms. The van der Waals surface area contributed by atoms with E-state index >= 15 is 0 Å². The number of aliphatic hydroxyl groups is 1. The highest BCUT2D eigenvalue weighted by molar-refractivity contribution is 7.79. The third kappa shape index (κ3) is 3.48. The molecule has 4 atom stereocenters. The van der Waals surface area contributed by atoms with Crippen molar-refractivity contribution in [2.75, 3.05) is 20.8 Å². The summed E-state index contributed by atoms with van der Waals surface area (Å²) < 4.78 is 21.8. The van der Waals surface area contributed by atoms with E-state index in [2.05, 4.69) is 0 Å². The van der Waals surface area contributed by atoms with E-state index in [9.17, 15) is 5.11 Å². The van der Waals surface area contributed by atoms with Crippen molar-refractivity contribution in [3.8, 4) is 0 Å². The molecule has 5 nitrogen and oxygen atoms in total.